The molecule has 3 aromatic rings. The topological polar surface area (TPSA) is 113 Å². The first-order valence-corrected chi connectivity index (χ1v) is 9.19. The van der Waals surface area contributed by atoms with E-state index >= 15 is 0 Å². The summed E-state index contributed by atoms with van der Waals surface area (Å²) in [6.07, 6.45) is 5.28. The molecular formula is C18H16N6O2S. The van der Waals surface area contributed by atoms with Gasteiger partial charge in [-0.2, -0.15) is 5.26 Å². The van der Waals surface area contributed by atoms with E-state index in [9.17, 15) is 4.79 Å². The van der Waals surface area contributed by atoms with Crippen molar-refractivity contribution in [1.29, 1.82) is 5.26 Å². The van der Waals surface area contributed by atoms with Crippen molar-refractivity contribution in [2.45, 2.75) is 25.7 Å². The maximum Gasteiger partial charge on any atom is 0.323 e. The molecule has 1 fully saturated rings. The molecule has 9 heteroatoms. The van der Waals surface area contributed by atoms with Crippen molar-refractivity contribution in [1.82, 2.24) is 15.0 Å². The zero-order valence-electron chi connectivity index (χ0n) is 14.7. The van der Waals surface area contributed by atoms with Crippen LogP contribution in [-0.4, -0.2) is 28.1 Å². The molecule has 0 atom stereocenters. The second-order valence-electron chi connectivity index (χ2n) is 6.22. The Morgan fingerprint density at radius 3 is 2.85 bits per heavy atom. The average molecular weight is 380 g/mol. The molecule has 0 spiro atoms. The van der Waals surface area contributed by atoms with Crippen LogP contribution < -0.4 is 15.4 Å². The van der Waals surface area contributed by atoms with E-state index in [1.165, 1.54) is 19.4 Å². The molecule has 1 saturated carbocycles. The summed E-state index contributed by atoms with van der Waals surface area (Å²) in [6, 6.07) is 3.07. The zero-order valence-corrected chi connectivity index (χ0v) is 15.6. The largest absolute Gasteiger partial charge is 0.480 e. The SMILES string of the molecule is COc1ncc(NC(=O)Nc2cnc3sc(C)nc3c2C2CC2)cc1C#N. The normalized spacial score (nSPS) is 13.2. The Kier molecular flexibility index (Phi) is 4.33. The summed E-state index contributed by atoms with van der Waals surface area (Å²) in [5, 5.41) is 15.6. The van der Waals surface area contributed by atoms with Crippen LogP contribution in [-0.2, 0) is 0 Å². The minimum Gasteiger partial charge on any atom is -0.480 e. The fourth-order valence-electron chi connectivity index (χ4n) is 2.93. The molecular weight excluding hydrogens is 364 g/mol. The van der Waals surface area contributed by atoms with Crippen LogP contribution in [0.5, 0.6) is 5.88 Å². The van der Waals surface area contributed by atoms with E-state index < -0.39 is 6.03 Å². The van der Waals surface area contributed by atoms with Crippen LogP contribution in [0.2, 0.25) is 0 Å². The monoisotopic (exact) mass is 380 g/mol. The second-order valence-corrected chi connectivity index (χ2v) is 7.40. The highest BCUT2D eigenvalue weighted by Crippen LogP contribution is 2.46. The van der Waals surface area contributed by atoms with Gasteiger partial charge in [-0.05, 0) is 31.7 Å². The first-order valence-electron chi connectivity index (χ1n) is 8.37. The summed E-state index contributed by atoms with van der Waals surface area (Å²) in [5.41, 5.74) is 3.22. The molecule has 0 saturated heterocycles. The highest BCUT2D eigenvalue weighted by Gasteiger charge is 2.30. The van der Waals surface area contributed by atoms with Gasteiger partial charge in [-0.3, -0.25) is 0 Å². The molecule has 1 aliphatic carbocycles. The van der Waals surface area contributed by atoms with Crippen LogP contribution in [0.4, 0.5) is 16.2 Å². The van der Waals surface area contributed by atoms with Gasteiger partial charge in [0.2, 0.25) is 5.88 Å². The number of aromatic nitrogens is 3. The Labute approximate surface area is 159 Å². The number of fused-ring (bicyclic) bond motifs is 1. The highest BCUT2D eigenvalue weighted by molar-refractivity contribution is 7.18. The number of hydrogen-bond acceptors (Lipinski definition) is 7. The Hall–Kier alpha value is -3.25. The van der Waals surface area contributed by atoms with Gasteiger partial charge >= 0.3 is 6.03 Å². The first kappa shape index (κ1) is 17.2. The molecule has 2 amide bonds. The Morgan fingerprint density at radius 2 is 2.15 bits per heavy atom. The minimum absolute atomic E-state index is 0.216. The maximum atomic E-state index is 12.5. The van der Waals surface area contributed by atoms with Gasteiger partial charge in [-0.1, -0.05) is 11.3 Å². The second kappa shape index (κ2) is 6.81. The molecule has 0 unspecified atom stereocenters. The van der Waals surface area contributed by atoms with Crippen LogP contribution in [0.3, 0.4) is 0 Å². The number of thiazole rings is 1. The van der Waals surface area contributed by atoms with Gasteiger partial charge in [0.25, 0.3) is 0 Å². The number of urea groups is 1. The summed E-state index contributed by atoms with van der Waals surface area (Å²) in [7, 11) is 1.44. The third kappa shape index (κ3) is 3.39. The van der Waals surface area contributed by atoms with Crippen molar-refractivity contribution < 1.29 is 9.53 Å². The number of ether oxygens (including phenoxy) is 1. The summed E-state index contributed by atoms with van der Waals surface area (Å²) >= 11 is 1.55. The van der Waals surface area contributed by atoms with E-state index in [0.29, 0.717) is 17.3 Å². The van der Waals surface area contributed by atoms with Crippen LogP contribution in [0.1, 0.15) is 34.9 Å². The molecule has 0 bridgehead atoms. The molecule has 27 heavy (non-hydrogen) atoms. The van der Waals surface area contributed by atoms with Gasteiger partial charge in [0.05, 0.1) is 35.9 Å². The van der Waals surface area contributed by atoms with Crippen molar-refractivity contribution in [3.63, 3.8) is 0 Å². The van der Waals surface area contributed by atoms with E-state index in [4.69, 9.17) is 10.00 Å². The number of pyridine rings is 2. The van der Waals surface area contributed by atoms with Crippen LogP contribution >= 0.6 is 11.3 Å². The zero-order chi connectivity index (χ0) is 19.0. The number of carbonyl (C=O) groups excluding carboxylic acids is 1. The molecule has 3 heterocycles. The van der Waals surface area contributed by atoms with Gasteiger partial charge in [0.15, 0.2) is 0 Å². The summed E-state index contributed by atoms with van der Waals surface area (Å²) in [6.45, 7) is 1.95. The number of hydrogen-bond donors (Lipinski definition) is 2. The van der Waals surface area contributed by atoms with E-state index in [-0.39, 0.29) is 11.4 Å². The Balaban J connectivity index is 1.58. The lowest BCUT2D eigenvalue weighted by atomic mass is 10.1. The number of carbonyl (C=O) groups is 1. The number of rotatable bonds is 4. The number of nitrogens with zero attached hydrogens (tertiary/aromatic N) is 4. The fraction of sp³-hybridized carbons (Fsp3) is 0.278. The predicted molar refractivity (Wildman–Crippen MR) is 102 cm³/mol. The van der Waals surface area contributed by atoms with Crippen LogP contribution in [0.25, 0.3) is 10.3 Å². The van der Waals surface area contributed by atoms with Crippen molar-refractivity contribution in [2.75, 3.05) is 17.7 Å². The van der Waals surface area contributed by atoms with E-state index in [2.05, 4.69) is 25.6 Å². The van der Waals surface area contributed by atoms with Gasteiger partial charge in [0, 0.05) is 5.56 Å². The molecule has 0 radical (unpaired) electrons. The summed E-state index contributed by atoms with van der Waals surface area (Å²) in [5.74, 6) is 0.619. The summed E-state index contributed by atoms with van der Waals surface area (Å²) in [4.78, 5) is 26.4. The number of nitrogens with one attached hydrogen (secondary N) is 2. The molecule has 136 valence electrons. The Bertz CT molecular complexity index is 1080. The quantitative estimate of drug-likeness (QED) is 0.712. The number of aryl methyl sites for hydroxylation is 1. The fourth-order valence-corrected chi connectivity index (χ4v) is 3.71. The molecule has 3 aromatic heterocycles. The van der Waals surface area contributed by atoms with E-state index in [1.807, 2.05) is 13.0 Å². The highest BCUT2D eigenvalue weighted by atomic mass is 32.1. The number of amides is 2. The lowest BCUT2D eigenvalue weighted by molar-refractivity contribution is 0.262. The van der Waals surface area contributed by atoms with Gasteiger partial charge in [-0.25, -0.2) is 19.7 Å². The summed E-state index contributed by atoms with van der Waals surface area (Å²) < 4.78 is 5.01. The third-order valence-electron chi connectivity index (χ3n) is 4.23. The number of anilines is 2. The predicted octanol–water partition coefficient (Wildman–Crippen LogP) is 3.80. The smallest absolute Gasteiger partial charge is 0.323 e. The minimum atomic E-state index is -0.430. The molecule has 8 nitrogen and oxygen atoms in total. The molecule has 2 N–H and O–H groups in total. The molecule has 0 aromatic carbocycles. The average Bonchev–Trinajstić information content (AvgIpc) is 3.41. The van der Waals surface area contributed by atoms with Crippen molar-refractivity contribution in [3.05, 3.63) is 34.6 Å². The molecule has 0 aliphatic heterocycles. The lowest BCUT2D eigenvalue weighted by Gasteiger charge is -2.12. The van der Waals surface area contributed by atoms with Crippen molar-refractivity contribution in [3.8, 4) is 11.9 Å². The molecule has 1 aliphatic rings. The standard InChI is InChI=1S/C18H16N6O2S/c1-9-22-15-14(10-3-4-10)13(8-21-17(15)27-9)24-18(25)23-12-5-11(6-19)16(26-2)20-7-12/h5,7-8,10H,3-4H2,1-2H3,(H2,23,24,25). The van der Waals surface area contributed by atoms with Gasteiger partial charge < -0.3 is 15.4 Å². The van der Waals surface area contributed by atoms with Gasteiger partial charge in [-0.15, -0.1) is 0 Å². The Morgan fingerprint density at radius 1 is 1.33 bits per heavy atom. The third-order valence-corrected chi connectivity index (χ3v) is 5.11. The van der Waals surface area contributed by atoms with Crippen molar-refractivity contribution in [2.24, 2.45) is 0 Å². The first-order chi connectivity index (χ1) is 13.1. The number of nitriles is 1. The van der Waals surface area contributed by atoms with Crippen molar-refractivity contribution >= 4 is 39.1 Å². The number of methoxy groups -OCH3 is 1. The maximum absolute atomic E-state index is 12.5. The van der Waals surface area contributed by atoms with E-state index in [0.717, 1.165) is 33.8 Å². The van der Waals surface area contributed by atoms with Crippen LogP contribution in [0, 0.1) is 18.3 Å². The van der Waals surface area contributed by atoms with Crippen LogP contribution in [0.15, 0.2) is 18.5 Å². The lowest BCUT2D eigenvalue weighted by Crippen LogP contribution is -2.20. The van der Waals surface area contributed by atoms with Gasteiger partial charge in [0.1, 0.15) is 22.0 Å². The molecule has 4 rings (SSSR count). The van der Waals surface area contributed by atoms with E-state index in [1.54, 1.807) is 17.5 Å².